The molecule has 1 N–H and O–H groups in total. The third-order valence-corrected chi connectivity index (χ3v) is 2.47. The van der Waals surface area contributed by atoms with Crippen molar-refractivity contribution in [2.75, 3.05) is 18.5 Å². The second kappa shape index (κ2) is 5.49. The van der Waals surface area contributed by atoms with Crippen LogP contribution in [0.2, 0.25) is 0 Å². The van der Waals surface area contributed by atoms with E-state index < -0.39 is 5.97 Å². The zero-order valence-electron chi connectivity index (χ0n) is 9.53. The summed E-state index contributed by atoms with van der Waals surface area (Å²) in [4.78, 5) is 12.3. The van der Waals surface area contributed by atoms with E-state index in [-0.39, 0.29) is 12.2 Å². The molecule has 0 spiro atoms. The third kappa shape index (κ3) is 3.53. The summed E-state index contributed by atoms with van der Waals surface area (Å²) in [6.07, 6.45) is 0.743. The summed E-state index contributed by atoms with van der Waals surface area (Å²) in [6, 6.07) is 4.89. The van der Waals surface area contributed by atoms with Gasteiger partial charge in [-0.2, -0.15) is 0 Å². The number of aliphatic carboxylic acids is 1. The van der Waals surface area contributed by atoms with Crippen LogP contribution in [-0.2, 0) is 4.79 Å². The highest BCUT2D eigenvalue weighted by Gasteiger charge is 2.04. The Balaban J connectivity index is 2.55. The second-order valence-corrected chi connectivity index (χ2v) is 3.85. The molecule has 4 heteroatoms. The molecule has 0 unspecified atom stereocenters. The van der Waals surface area contributed by atoms with Crippen molar-refractivity contribution in [3.05, 3.63) is 29.6 Å². The Morgan fingerprint density at radius 1 is 1.50 bits per heavy atom. The Hall–Kier alpha value is -1.58. The number of rotatable bonds is 5. The van der Waals surface area contributed by atoms with Crippen LogP contribution in [0.4, 0.5) is 10.1 Å². The summed E-state index contributed by atoms with van der Waals surface area (Å²) in [5.74, 6) is -1.01. The first-order chi connectivity index (χ1) is 7.50. The van der Waals surface area contributed by atoms with Crippen LogP contribution in [0.5, 0.6) is 0 Å². The van der Waals surface area contributed by atoms with Gasteiger partial charge >= 0.3 is 5.97 Å². The maximum Gasteiger partial charge on any atom is 0.303 e. The zero-order valence-corrected chi connectivity index (χ0v) is 9.53. The summed E-state index contributed by atoms with van der Waals surface area (Å²) in [6.45, 7) is 2.36. The van der Waals surface area contributed by atoms with Gasteiger partial charge in [0.1, 0.15) is 5.82 Å². The molecule has 0 fully saturated rings. The van der Waals surface area contributed by atoms with E-state index >= 15 is 0 Å². The van der Waals surface area contributed by atoms with E-state index in [0.29, 0.717) is 18.5 Å². The summed E-state index contributed by atoms with van der Waals surface area (Å²) in [5.41, 5.74) is 1.51. The van der Waals surface area contributed by atoms with Crippen LogP contribution >= 0.6 is 0 Å². The number of aryl methyl sites for hydroxylation is 1. The van der Waals surface area contributed by atoms with Crippen molar-refractivity contribution in [2.24, 2.45) is 0 Å². The molecule has 88 valence electrons. The van der Waals surface area contributed by atoms with Crippen molar-refractivity contribution in [3.63, 3.8) is 0 Å². The SMILES string of the molecule is Cc1cc(N(C)CCCC(=O)O)ccc1F. The minimum Gasteiger partial charge on any atom is -0.481 e. The Morgan fingerprint density at radius 3 is 2.75 bits per heavy atom. The van der Waals surface area contributed by atoms with Crippen LogP contribution < -0.4 is 4.90 Å². The van der Waals surface area contributed by atoms with Crippen LogP contribution in [-0.4, -0.2) is 24.7 Å². The van der Waals surface area contributed by atoms with Gasteiger partial charge in [-0.3, -0.25) is 4.79 Å². The number of anilines is 1. The zero-order chi connectivity index (χ0) is 12.1. The minimum atomic E-state index is -0.788. The second-order valence-electron chi connectivity index (χ2n) is 3.85. The Morgan fingerprint density at radius 2 is 2.19 bits per heavy atom. The lowest BCUT2D eigenvalue weighted by Crippen LogP contribution is -2.19. The van der Waals surface area contributed by atoms with Crippen LogP contribution in [0.3, 0.4) is 0 Å². The molecule has 1 aromatic carbocycles. The van der Waals surface area contributed by atoms with Crippen LogP contribution in [0.1, 0.15) is 18.4 Å². The molecule has 0 atom stereocenters. The molecule has 0 aliphatic heterocycles. The van der Waals surface area contributed by atoms with E-state index in [9.17, 15) is 9.18 Å². The van der Waals surface area contributed by atoms with Gasteiger partial charge in [-0.1, -0.05) is 0 Å². The molecule has 0 aromatic heterocycles. The van der Waals surface area contributed by atoms with Crippen molar-refractivity contribution in [2.45, 2.75) is 19.8 Å². The molecule has 0 amide bonds. The standard InChI is InChI=1S/C12H16FNO2/c1-9-8-10(5-6-11(9)13)14(2)7-3-4-12(15)16/h5-6,8H,3-4,7H2,1-2H3,(H,15,16). The lowest BCUT2D eigenvalue weighted by molar-refractivity contribution is -0.137. The van der Waals surface area contributed by atoms with Crippen LogP contribution in [0.15, 0.2) is 18.2 Å². The van der Waals surface area contributed by atoms with E-state index in [4.69, 9.17) is 5.11 Å². The van der Waals surface area contributed by atoms with Crippen molar-refractivity contribution in [3.8, 4) is 0 Å². The Bertz CT molecular complexity index is 379. The molecule has 1 rings (SSSR count). The topological polar surface area (TPSA) is 40.5 Å². The van der Waals surface area contributed by atoms with Gasteiger partial charge in [0.25, 0.3) is 0 Å². The number of nitrogens with zero attached hydrogens (tertiary/aromatic N) is 1. The molecule has 0 aliphatic rings. The number of hydrogen-bond acceptors (Lipinski definition) is 2. The monoisotopic (exact) mass is 225 g/mol. The van der Waals surface area contributed by atoms with Gasteiger partial charge in [0, 0.05) is 25.7 Å². The molecule has 0 radical (unpaired) electrons. The van der Waals surface area contributed by atoms with Gasteiger partial charge in [0.15, 0.2) is 0 Å². The molecule has 1 aromatic rings. The fourth-order valence-corrected chi connectivity index (χ4v) is 1.46. The molecule has 0 saturated heterocycles. The first kappa shape index (κ1) is 12.5. The Kier molecular flexibility index (Phi) is 4.28. The van der Waals surface area contributed by atoms with Crippen molar-refractivity contribution >= 4 is 11.7 Å². The average Bonchev–Trinajstić information content (AvgIpc) is 2.21. The fourth-order valence-electron chi connectivity index (χ4n) is 1.46. The van der Waals surface area contributed by atoms with Crippen LogP contribution in [0.25, 0.3) is 0 Å². The maximum atomic E-state index is 13.0. The lowest BCUT2D eigenvalue weighted by atomic mass is 10.2. The highest BCUT2D eigenvalue weighted by atomic mass is 19.1. The molecular weight excluding hydrogens is 209 g/mol. The fraction of sp³-hybridized carbons (Fsp3) is 0.417. The Labute approximate surface area is 94.5 Å². The quantitative estimate of drug-likeness (QED) is 0.836. The summed E-state index contributed by atoms with van der Waals surface area (Å²) in [7, 11) is 1.87. The average molecular weight is 225 g/mol. The van der Waals surface area contributed by atoms with Gasteiger partial charge in [-0.15, -0.1) is 0 Å². The number of carboxylic acid groups (broad SMARTS) is 1. The predicted molar refractivity (Wildman–Crippen MR) is 61.3 cm³/mol. The highest BCUT2D eigenvalue weighted by molar-refractivity contribution is 5.66. The minimum absolute atomic E-state index is 0.157. The molecule has 16 heavy (non-hydrogen) atoms. The predicted octanol–water partition coefficient (Wildman–Crippen LogP) is 2.44. The van der Waals surface area contributed by atoms with E-state index in [2.05, 4.69) is 0 Å². The van der Waals surface area contributed by atoms with E-state index in [1.54, 1.807) is 19.1 Å². The van der Waals surface area contributed by atoms with Crippen molar-refractivity contribution < 1.29 is 14.3 Å². The highest BCUT2D eigenvalue weighted by Crippen LogP contribution is 2.17. The summed E-state index contributed by atoms with van der Waals surface area (Å²) >= 11 is 0. The maximum absolute atomic E-state index is 13.0. The van der Waals surface area contributed by atoms with Gasteiger partial charge in [-0.25, -0.2) is 4.39 Å². The third-order valence-electron chi connectivity index (χ3n) is 2.47. The number of carboxylic acids is 1. The van der Waals surface area contributed by atoms with Crippen molar-refractivity contribution in [1.29, 1.82) is 0 Å². The molecule has 0 heterocycles. The van der Waals surface area contributed by atoms with Crippen molar-refractivity contribution in [1.82, 2.24) is 0 Å². The molecule has 0 aliphatic carbocycles. The van der Waals surface area contributed by atoms with E-state index in [0.717, 1.165) is 5.69 Å². The van der Waals surface area contributed by atoms with Gasteiger partial charge in [0.05, 0.1) is 0 Å². The van der Waals surface area contributed by atoms with Crippen LogP contribution in [0, 0.1) is 12.7 Å². The number of halogens is 1. The normalized spacial score (nSPS) is 10.2. The molecule has 3 nitrogen and oxygen atoms in total. The first-order valence-corrected chi connectivity index (χ1v) is 5.20. The summed E-state index contributed by atoms with van der Waals surface area (Å²) < 4.78 is 13.0. The largest absolute Gasteiger partial charge is 0.481 e. The smallest absolute Gasteiger partial charge is 0.303 e. The molecule has 0 bridgehead atoms. The summed E-state index contributed by atoms with van der Waals surface area (Å²) in [5, 5.41) is 8.51. The number of hydrogen-bond donors (Lipinski definition) is 1. The first-order valence-electron chi connectivity index (χ1n) is 5.20. The van der Waals surface area contributed by atoms with Gasteiger partial charge < -0.3 is 10.0 Å². The number of benzene rings is 1. The molecule has 0 saturated carbocycles. The molecular formula is C12H16FNO2. The number of carbonyl (C=O) groups is 1. The lowest BCUT2D eigenvalue weighted by Gasteiger charge is -2.19. The van der Waals surface area contributed by atoms with E-state index in [1.165, 1.54) is 6.07 Å². The van der Waals surface area contributed by atoms with Gasteiger partial charge in [-0.05, 0) is 37.1 Å². The van der Waals surface area contributed by atoms with E-state index in [1.807, 2.05) is 11.9 Å². The van der Waals surface area contributed by atoms with Gasteiger partial charge in [0.2, 0.25) is 0 Å².